The van der Waals surface area contributed by atoms with E-state index in [1.165, 1.54) is 0 Å². The fourth-order valence-corrected chi connectivity index (χ4v) is 1.83. The average Bonchev–Trinajstić information content (AvgIpc) is 2.14. The van der Waals surface area contributed by atoms with E-state index in [0.717, 1.165) is 32.5 Å². The van der Waals surface area contributed by atoms with Crippen molar-refractivity contribution < 1.29 is 4.79 Å². The van der Waals surface area contributed by atoms with E-state index in [2.05, 4.69) is 31.1 Å². The maximum absolute atomic E-state index is 11.7. The Balaban J connectivity index is 2.29. The van der Waals surface area contributed by atoms with Crippen LogP contribution in [0, 0.1) is 11.8 Å². The molecule has 1 amide bonds. The minimum Gasteiger partial charge on any atom is -0.356 e. The summed E-state index contributed by atoms with van der Waals surface area (Å²) in [5.74, 6) is 0.998. The largest absolute Gasteiger partial charge is 0.356 e. The second kappa shape index (κ2) is 5.35. The van der Waals surface area contributed by atoms with Gasteiger partial charge in [0, 0.05) is 13.1 Å². The van der Waals surface area contributed by atoms with E-state index in [4.69, 9.17) is 0 Å². The Morgan fingerprint density at radius 1 is 1.57 bits per heavy atom. The van der Waals surface area contributed by atoms with Crippen molar-refractivity contribution in [2.24, 2.45) is 11.8 Å². The van der Waals surface area contributed by atoms with Gasteiger partial charge in [0.15, 0.2) is 0 Å². The van der Waals surface area contributed by atoms with Crippen LogP contribution in [0.2, 0.25) is 0 Å². The lowest BCUT2D eigenvalue weighted by Crippen LogP contribution is -2.42. The molecule has 3 heteroatoms. The molecule has 0 unspecified atom stereocenters. The van der Waals surface area contributed by atoms with E-state index in [9.17, 15) is 4.79 Å². The third-order valence-corrected chi connectivity index (χ3v) is 2.68. The molecule has 1 saturated heterocycles. The van der Waals surface area contributed by atoms with Crippen LogP contribution in [0.25, 0.3) is 0 Å². The Labute approximate surface area is 86.9 Å². The zero-order valence-electron chi connectivity index (χ0n) is 9.55. The van der Waals surface area contributed by atoms with Gasteiger partial charge in [0.25, 0.3) is 0 Å². The molecule has 0 radical (unpaired) electrons. The Hall–Kier alpha value is -0.570. The van der Waals surface area contributed by atoms with Crippen molar-refractivity contribution in [2.45, 2.75) is 26.7 Å². The van der Waals surface area contributed by atoms with Crippen LogP contribution in [0.1, 0.15) is 26.7 Å². The number of likely N-dealkylation sites (tertiary alicyclic amines) is 1. The van der Waals surface area contributed by atoms with Crippen LogP contribution in [-0.2, 0) is 4.79 Å². The van der Waals surface area contributed by atoms with E-state index < -0.39 is 0 Å². The van der Waals surface area contributed by atoms with Crippen LogP contribution >= 0.6 is 0 Å². The fraction of sp³-hybridized carbons (Fsp3) is 0.909. The van der Waals surface area contributed by atoms with Crippen molar-refractivity contribution in [3.8, 4) is 0 Å². The molecular weight excluding hydrogens is 176 g/mol. The molecule has 0 saturated carbocycles. The topological polar surface area (TPSA) is 32.3 Å². The quantitative estimate of drug-likeness (QED) is 0.736. The van der Waals surface area contributed by atoms with Crippen molar-refractivity contribution >= 4 is 5.91 Å². The number of nitrogens with one attached hydrogen (secondary N) is 1. The van der Waals surface area contributed by atoms with Crippen LogP contribution in [0.3, 0.4) is 0 Å². The Morgan fingerprint density at radius 2 is 2.29 bits per heavy atom. The first-order valence-corrected chi connectivity index (χ1v) is 5.56. The molecule has 0 aromatic heterocycles. The number of rotatable bonds is 3. The van der Waals surface area contributed by atoms with Crippen LogP contribution in [0.5, 0.6) is 0 Å². The van der Waals surface area contributed by atoms with E-state index in [1.807, 2.05) is 0 Å². The molecule has 82 valence electrons. The van der Waals surface area contributed by atoms with Crippen LogP contribution in [0.15, 0.2) is 0 Å². The van der Waals surface area contributed by atoms with Crippen LogP contribution in [-0.4, -0.2) is 37.5 Å². The summed E-state index contributed by atoms with van der Waals surface area (Å²) in [6, 6.07) is 0. The van der Waals surface area contributed by atoms with Gasteiger partial charge in [0.1, 0.15) is 0 Å². The first kappa shape index (κ1) is 11.5. The average molecular weight is 198 g/mol. The van der Waals surface area contributed by atoms with E-state index in [0.29, 0.717) is 5.92 Å². The number of amides is 1. The molecule has 3 nitrogen and oxygen atoms in total. The van der Waals surface area contributed by atoms with Gasteiger partial charge in [-0.3, -0.25) is 4.79 Å². The van der Waals surface area contributed by atoms with Gasteiger partial charge in [-0.25, -0.2) is 0 Å². The molecule has 1 aliphatic heterocycles. The van der Waals surface area contributed by atoms with E-state index in [1.54, 1.807) is 0 Å². The first-order valence-electron chi connectivity index (χ1n) is 5.56. The summed E-state index contributed by atoms with van der Waals surface area (Å²) in [4.78, 5) is 13.9. The number of hydrogen-bond acceptors (Lipinski definition) is 2. The molecule has 1 aliphatic rings. The Kier molecular flexibility index (Phi) is 4.39. The molecule has 0 aromatic rings. The standard InChI is InChI=1S/C11H22N2O/c1-9(2)7-12-11(14)10-5-4-6-13(3)8-10/h9-10H,4-8H2,1-3H3,(H,12,14)/t10-/m0/s1. The Bertz CT molecular complexity index is 192. The van der Waals surface area contributed by atoms with Gasteiger partial charge in [-0.15, -0.1) is 0 Å². The van der Waals surface area contributed by atoms with Gasteiger partial charge >= 0.3 is 0 Å². The number of piperidine rings is 1. The van der Waals surface area contributed by atoms with Crippen LogP contribution in [0.4, 0.5) is 0 Å². The summed E-state index contributed by atoms with van der Waals surface area (Å²) >= 11 is 0. The highest BCUT2D eigenvalue weighted by atomic mass is 16.1. The van der Waals surface area contributed by atoms with Gasteiger partial charge in [0.2, 0.25) is 5.91 Å². The molecule has 1 rings (SSSR count). The molecular formula is C11H22N2O. The van der Waals surface area contributed by atoms with E-state index in [-0.39, 0.29) is 11.8 Å². The van der Waals surface area contributed by atoms with Gasteiger partial charge in [-0.05, 0) is 32.4 Å². The smallest absolute Gasteiger partial charge is 0.224 e. The molecule has 0 bridgehead atoms. The SMILES string of the molecule is CC(C)CNC(=O)[C@H]1CCCN(C)C1. The van der Waals surface area contributed by atoms with Crippen molar-refractivity contribution in [1.82, 2.24) is 10.2 Å². The molecule has 1 atom stereocenters. The molecule has 1 N–H and O–H groups in total. The lowest BCUT2D eigenvalue weighted by molar-refractivity contribution is -0.126. The maximum atomic E-state index is 11.7. The monoisotopic (exact) mass is 198 g/mol. The summed E-state index contributed by atoms with van der Waals surface area (Å²) in [6.45, 7) is 7.09. The Morgan fingerprint density at radius 3 is 2.86 bits per heavy atom. The maximum Gasteiger partial charge on any atom is 0.224 e. The van der Waals surface area contributed by atoms with Crippen molar-refractivity contribution in [1.29, 1.82) is 0 Å². The normalized spacial score (nSPS) is 23.9. The van der Waals surface area contributed by atoms with Gasteiger partial charge < -0.3 is 10.2 Å². The van der Waals surface area contributed by atoms with Crippen molar-refractivity contribution in [3.63, 3.8) is 0 Å². The second-order valence-corrected chi connectivity index (χ2v) is 4.74. The lowest BCUT2D eigenvalue weighted by atomic mass is 9.97. The van der Waals surface area contributed by atoms with E-state index >= 15 is 0 Å². The number of hydrogen-bond donors (Lipinski definition) is 1. The highest BCUT2D eigenvalue weighted by Gasteiger charge is 2.23. The number of carbonyl (C=O) groups excluding carboxylic acids is 1. The number of carbonyl (C=O) groups is 1. The first-order chi connectivity index (χ1) is 6.59. The van der Waals surface area contributed by atoms with Crippen LogP contribution < -0.4 is 5.32 Å². The van der Waals surface area contributed by atoms with Gasteiger partial charge in [-0.2, -0.15) is 0 Å². The van der Waals surface area contributed by atoms with Gasteiger partial charge in [-0.1, -0.05) is 13.8 Å². The lowest BCUT2D eigenvalue weighted by Gasteiger charge is -2.28. The summed E-state index contributed by atoms with van der Waals surface area (Å²) in [5, 5.41) is 3.01. The second-order valence-electron chi connectivity index (χ2n) is 4.74. The summed E-state index contributed by atoms with van der Waals surface area (Å²) in [5.41, 5.74) is 0. The minimum atomic E-state index is 0.215. The summed E-state index contributed by atoms with van der Waals surface area (Å²) in [6.07, 6.45) is 2.20. The highest BCUT2D eigenvalue weighted by molar-refractivity contribution is 5.78. The predicted molar refractivity (Wildman–Crippen MR) is 58.1 cm³/mol. The minimum absolute atomic E-state index is 0.215. The number of nitrogens with zero attached hydrogens (tertiary/aromatic N) is 1. The van der Waals surface area contributed by atoms with Crippen molar-refractivity contribution in [2.75, 3.05) is 26.7 Å². The van der Waals surface area contributed by atoms with Crippen molar-refractivity contribution in [3.05, 3.63) is 0 Å². The molecule has 0 aliphatic carbocycles. The molecule has 1 fully saturated rings. The molecule has 0 spiro atoms. The summed E-state index contributed by atoms with van der Waals surface area (Å²) < 4.78 is 0. The zero-order chi connectivity index (χ0) is 10.6. The fourth-order valence-electron chi connectivity index (χ4n) is 1.83. The molecule has 0 aromatic carbocycles. The zero-order valence-corrected chi connectivity index (χ0v) is 9.55. The third-order valence-electron chi connectivity index (χ3n) is 2.68. The highest BCUT2D eigenvalue weighted by Crippen LogP contribution is 2.14. The third kappa shape index (κ3) is 3.66. The predicted octanol–water partition coefficient (Wildman–Crippen LogP) is 1.10. The summed E-state index contributed by atoms with van der Waals surface area (Å²) in [7, 11) is 2.09. The molecule has 14 heavy (non-hydrogen) atoms. The molecule has 1 heterocycles. The van der Waals surface area contributed by atoms with Gasteiger partial charge in [0.05, 0.1) is 5.92 Å².